The van der Waals surface area contributed by atoms with Crippen molar-refractivity contribution in [3.05, 3.63) is 58.0 Å². The Labute approximate surface area is 218 Å². The average Bonchev–Trinajstić information content (AvgIpc) is 3.41. The molecular formula is C28H39FN4O2S. The largest absolute Gasteiger partial charge is 0.354 e. The Morgan fingerprint density at radius 3 is 2.58 bits per heavy atom. The van der Waals surface area contributed by atoms with Crippen LogP contribution in [0.1, 0.15) is 55.9 Å². The van der Waals surface area contributed by atoms with Crippen LogP contribution in [-0.2, 0) is 22.7 Å². The standard InChI is InChI=1S/C28H39FN4O2S/c1-20(34)33-12-11-25(15-27(33)28(35)31-17-23-5-2-4-22(14-23)16-30)32(19-26-6-3-13-36-26)18-21-7-9-24(29)10-8-21/h3,6-10,13,22-23,25,27H,2,4-5,11-12,14-19,30H2,1H3,(H,31,35)/t22?,23?,25?,27-/m1/s1. The number of amides is 2. The smallest absolute Gasteiger partial charge is 0.242 e. The van der Waals surface area contributed by atoms with Gasteiger partial charge < -0.3 is 16.0 Å². The zero-order valence-electron chi connectivity index (χ0n) is 21.2. The summed E-state index contributed by atoms with van der Waals surface area (Å²) < 4.78 is 13.5. The van der Waals surface area contributed by atoms with E-state index in [4.69, 9.17) is 5.73 Å². The topological polar surface area (TPSA) is 78.7 Å². The van der Waals surface area contributed by atoms with Gasteiger partial charge in [-0.25, -0.2) is 4.39 Å². The number of likely N-dealkylation sites (tertiary alicyclic amines) is 1. The summed E-state index contributed by atoms with van der Waals surface area (Å²) in [7, 11) is 0. The molecule has 3 unspecified atom stereocenters. The van der Waals surface area contributed by atoms with E-state index in [1.807, 2.05) is 18.2 Å². The van der Waals surface area contributed by atoms with Crippen molar-refractivity contribution in [2.45, 2.75) is 70.6 Å². The molecule has 36 heavy (non-hydrogen) atoms. The summed E-state index contributed by atoms with van der Waals surface area (Å²) in [6.45, 7) is 4.89. The number of carbonyl (C=O) groups is 2. The number of piperidine rings is 1. The number of nitrogens with one attached hydrogen (secondary N) is 1. The first-order valence-electron chi connectivity index (χ1n) is 13.2. The van der Waals surface area contributed by atoms with Gasteiger partial charge in [-0.1, -0.05) is 24.6 Å². The van der Waals surface area contributed by atoms with Crippen molar-refractivity contribution in [2.75, 3.05) is 19.6 Å². The number of nitrogens with zero attached hydrogens (tertiary/aromatic N) is 2. The molecule has 1 aliphatic carbocycles. The van der Waals surface area contributed by atoms with Crippen LogP contribution in [-0.4, -0.2) is 53.3 Å². The van der Waals surface area contributed by atoms with Crippen molar-refractivity contribution in [2.24, 2.45) is 17.6 Å². The van der Waals surface area contributed by atoms with E-state index in [-0.39, 0.29) is 23.7 Å². The van der Waals surface area contributed by atoms with Gasteiger partial charge in [-0.2, -0.15) is 0 Å². The van der Waals surface area contributed by atoms with Gasteiger partial charge in [0.05, 0.1) is 0 Å². The van der Waals surface area contributed by atoms with Crippen LogP contribution in [0.5, 0.6) is 0 Å². The van der Waals surface area contributed by atoms with Gasteiger partial charge in [-0.05, 0) is 79.6 Å². The molecule has 1 saturated heterocycles. The van der Waals surface area contributed by atoms with Gasteiger partial charge in [0.25, 0.3) is 0 Å². The molecule has 3 N–H and O–H groups in total. The minimum Gasteiger partial charge on any atom is -0.354 e. The average molecular weight is 515 g/mol. The summed E-state index contributed by atoms with van der Waals surface area (Å²) in [4.78, 5) is 31.2. The molecule has 0 spiro atoms. The highest BCUT2D eigenvalue weighted by atomic mass is 32.1. The molecule has 2 amide bonds. The molecule has 0 bridgehead atoms. The Hall–Kier alpha value is -2.29. The number of nitrogens with two attached hydrogens (primary N) is 1. The lowest BCUT2D eigenvalue weighted by molar-refractivity contribution is -0.142. The Morgan fingerprint density at radius 1 is 1.11 bits per heavy atom. The van der Waals surface area contributed by atoms with E-state index in [0.29, 0.717) is 44.4 Å². The third-order valence-corrected chi connectivity index (χ3v) is 8.69. The second-order valence-corrected chi connectivity index (χ2v) is 11.4. The number of hydrogen-bond donors (Lipinski definition) is 2. The molecule has 2 aromatic rings. The van der Waals surface area contributed by atoms with Crippen LogP contribution < -0.4 is 11.1 Å². The zero-order valence-corrected chi connectivity index (χ0v) is 22.0. The molecule has 6 nitrogen and oxygen atoms in total. The SMILES string of the molecule is CC(=O)N1CCC(N(Cc2ccc(F)cc2)Cc2cccs2)C[C@@H]1C(=O)NCC1CCCC(CN)C1. The van der Waals surface area contributed by atoms with Gasteiger partial charge in [0.15, 0.2) is 0 Å². The van der Waals surface area contributed by atoms with Crippen molar-refractivity contribution >= 4 is 23.2 Å². The highest BCUT2D eigenvalue weighted by Crippen LogP contribution is 2.29. The van der Waals surface area contributed by atoms with Crippen LogP contribution in [0, 0.1) is 17.7 Å². The van der Waals surface area contributed by atoms with Gasteiger partial charge in [0, 0.05) is 44.0 Å². The maximum atomic E-state index is 13.5. The van der Waals surface area contributed by atoms with E-state index >= 15 is 0 Å². The number of halogens is 1. The molecule has 1 aliphatic heterocycles. The second kappa shape index (κ2) is 12.8. The minimum absolute atomic E-state index is 0.0531. The van der Waals surface area contributed by atoms with E-state index in [1.54, 1.807) is 23.2 Å². The van der Waals surface area contributed by atoms with E-state index in [2.05, 4.69) is 21.7 Å². The number of thiophene rings is 1. The maximum Gasteiger partial charge on any atom is 0.242 e. The van der Waals surface area contributed by atoms with Gasteiger partial charge in [-0.3, -0.25) is 14.5 Å². The highest BCUT2D eigenvalue weighted by Gasteiger charge is 2.37. The lowest BCUT2D eigenvalue weighted by Gasteiger charge is -2.42. The Balaban J connectivity index is 1.45. The highest BCUT2D eigenvalue weighted by molar-refractivity contribution is 7.09. The maximum absolute atomic E-state index is 13.5. The number of carbonyl (C=O) groups excluding carboxylic acids is 2. The predicted octanol–water partition coefficient (Wildman–Crippen LogP) is 4.15. The summed E-state index contributed by atoms with van der Waals surface area (Å²) in [5.74, 6) is 0.646. The predicted molar refractivity (Wildman–Crippen MR) is 142 cm³/mol. The molecule has 2 heterocycles. The van der Waals surface area contributed by atoms with E-state index in [0.717, 1.165) is 37.8 Å². The van der Waals surface area contributed by atoms with Crippen LogP contribution >= 0.6 is 11.3 Å². The Bertz CT molecular complexity index is 984. The van der Waals surface area contributed by atoms with Crippen LogP contribution in [0.25, 0.3) is 0 Å². The molecule has 196 valence electrons. The zero-order chi connectivity index (χ0) is 25.5. The second-order valence-electron chi connectivity index (χ2n) is 10.4. The van der Waals surface area contributed by atoms with Gasteiger partial charge in [0.1, 0.15) is 11.9 Å². The van der Waals surface area contributed by atoms with Gasteiger partial charge >= 0.3 is 0 Å². The molecule has 1 saturated carbocycles. The summed E-state index contributed by atoms with van der Waals surface area (Å²) in [6.07, 6.45) is 5.91. The number of hydrogen-bond acceptors (Lipinski definition) is 5. The van der Waals surface area contributed by atoms with E-state index in [1.165, 1.54) is 23.4 Å². The number of benzene rings is 1. The quantitative estimate of drug-likeness (QED) is 0.527. The van der Waals surface area contributed by atoms with Gasteiger partial charge in [0.2, 0.25) is 11.8 Å². The fourth-order valence-corrected chi connectivity index (χ4v) is 6.54. The minimum atomic E-state index is -0.478. The van der Waals surface area contributed by atoms with Crippen molar-refractivity contribution in [3.8, 4) is 0 Å². The molecule has 2 aliphatic rings. The molecular weight excluding hydrogens is 475 g/mol. The fourth-order valence-electron chi connectivity index (χ4n) is 5.81. The molecule has 1 aromatic carbocycles. The summed E-state index contributed by atoms with van der Waals surface area (Å²) in [5, 5.41) is 5.25. The van der Waals surface area contributed by atoms with Crippen molar-refractivity contribution < 1.29 is 14.0 Å². The molecule has 2 fully saturated rings. The van der Waals surface area contributed by atoms with Crippen LogP contribution in [0.3, 0.4) is 0 Å². The summed E-state index contributed by atoms with van der Waals surface area (Å²) >= 11 is 1.71. The van der Waals surface area contributed by atoms with Gasteiger partial charge in [-0.15, -0.1) is 11.3 Å². The lowest BCUT2D eigenvalue weighted by atomic mass is 9.81. The molecule has 1 aromatic heterocycles. The van der Waals surface area contributed by atoms with E-state index < -0.39 is 6.04 Å². The van der Waals surface area contributed by atoms with Crippen LogP contribution in [0.15, 0.2) is 41.8 Å². The summed E-state index contributed by atoms with van der Waals surface area (Å²) in [6, 6.07) is 10.5. The van der Waals surface area contributed by atoms with Crippen LogP contribution in [0.4, 0.5) is 4.39 Å². The third-order valence-electron chi connectivity index (χ3n) is 7.83. The monoisotopic (exact) mass is 514 g/mol. The molecule has 4 rings (SSSR count). The Kier molecular flexibility index (Phi) is 9.51. The van der Waals surface area contributed by atoms with E-state index in [9.17, 15) is 14.0 Å². The van der Waals surface area contributed by atoms with Crippen LogP contribution in [0.2, 0.25) is 0 Å². The lowest BCUT2D eigenvalue weighted by Crippen LogP contribution is -2.57. The molecule has 0 radical (unpaired) electrons. The van der Waals surface area contributed by atoms with Crippen molar-refractivity contribution in [3.63, 3.8) is 0 Å². The normalized spacial score (nSPS) is 24.6. The fraction of sp³-hybridized carbons (Fsp3) is 0.571. The molecule has 4 atom stereocenters. The summed E-state index contributed by atoms with van der Waals surface area (Å²) in [5.41, 5.74) is 6.93. The Morgan fingerprint density at radius 2 is 1.89 bits per heavy atom. The first-order chi connectivity index (χ1) is 17.4. The number of rotatable bonds is 9. The molecule has 8 heteroatoms. The first-order valence-corrected chi connectivity index (χ1v) is 14.1. The van der Waals surface area contributed by atoms with Crippen molar-refractivity contribution in [1.82, 2.24) is 15.1 Å². The third kappa shape index (κ3) is 7.14. The van der Waals surface area contributed by atoms with Crippen molar-refractivity contribution in [1.29, 1.82) is 0 Å². The first kappa shape index (κ1) is 26.8.